The van der Waals surface area contributed by atoms with Crippen LogP contribution < -0.4 is 10.1 Å². The lowest BCUT2D eigenvalue weighted by atomic mass is 10.0. The number of thioether (sulfide) groups is 1. The molecule has 0 aliphatic heterocycles. The Morgan fingerprint density at radius 2 is 1.74 bits per heavy atom. The molecule has 0 heterocycles. The van der Waals surface area contributed by atoms with Gasteiger partial charge in [-0.1, -0.05) is 19.3 Å². The van der Waals surface area contributed by atoms with Crippen molar-refractivity contribution in [1.29, 1.82) is 0 Å². The highest BCUT2D eigenvalue weighted by molar-refractivity contribution is 8.00. The van der Waals surface area contributed by atoms with Gasteiger partial charge >= 0.3 is 0 Å². The van der Waals surface area contributed by atoms with Gasteiger partial charge in [-0.2, -0.15) is 0 Å². The van der Waals surface area contributed by atoms with Crippen molar-refractivity contribution in [3.05, 3.63) is 53.3 Å². The van der Waals surface area contributed by atoms with Crippen molar-refractivity contribution in [3.63, 3.8) is 0 Å². The predicted octanol–water partition coefficient (Wildman–Crippen LogP) is 5.79. The van der Waals surface area contributed by atoms with E-state index >= 15 is 0 Å². The van der Waals surface area contributed by atoms with E-state index in [4.69, 9.17) is 4.74 Å². The van der Waals surface area contributed by atoms with Gasteiger partial charge in [0.1, 0.15) is 5.75 Å². The fourth-order valence-electron chi connectivity index (χ4n) is 3.10. The molecule has 3 nitrogen and oxygen atoms in total. The molecule has 144 valence electrons. The van der Waals surface area contributed by atoms with Gasteiger partial charge < -0.3 is 10.1 Å². The fourth-order valence-corrected chi connectivity index (χ4v) is 4.49. The lowest BCUT2D eigenvalue weighted by Crippen LogP contribution is -2.13. The monoisotopic (exact) mass is 395 g/mol. The molecule has 2 aromatic carbocycles. The average Bonchev–Trinajstić information content (AvgIpc) is 2.66. The predicted molar refractivity (Wildman–Crippen MR) is 100.0 cm³/mol. The molecule has 1 fully saturated rings. The zero-order valence-corrected chi connectivity index (χ0v) is 15.7. The quantitative estimate of drug-likeness (QED) is 0.651. The Balaban J connectivity index is 1.79. The van der Waals surface area contributed by atoms with Crippen LogP contribution in [0.25, 0.3) is 0 Å². The highest BCUT2D eigenvalue weighted by Crippen LogP contribution is 2.38. The molecule has 1 N–H and O–H groups in total. The van der Waals surface area contributed by atoms with Crippen LogP contribution in [-0.4, -0.2) is 18.3 Å². The summed E-state index contributed by atoms with van der Waals surface area (Å²) < 4.78 is 45.1. The molecule has 3 rings (SSSR count). The first-order chi connectivity index (χ1) is 13.0. The van der Waals surface area contributed by atoms with E-state index in [1.807, 2.05) is 0 Å². The van der Waals surface area contributed by atoms with Crippen molar-refractivity contribution in [2.75, 3.05) is 12.4 Å². The highest BCUT2D eigenvalue weighted by atomic mass is 32.2. The number of carbonyl (C=O) groups excluding carboxylic acids is 1. The number of rotatable bonds is 5. The average molecular weight is 395 g/mol. The SMILES string of the molecule is COc1ccc(C(=O)Nc2cc(F)c(F)c(F)c2)cc1SC1CCCCC1. The summed E-state index contributed by atoms with van der Waals surface area (Å²) in [5.74, 6) is -4.12. The third-order valence-electron chi connectivity index (χ3n) is 4.51. The van der Waals surface area contributed by atoms with Crippen molar-refractivity contribution in [1.82, 2.24) is 0 Å². The molecule has 0 spiro atoms. The van der Waals surface area contributed by atoms with E-state index in [1.165, 1.54) is 19.3 Å². The summed E-state index contributed by atoms with van der Waals surface area (Å²) in [6.45, 7) is 0. The lowest BCUT2D eigenvalue weighted by molar-refractivity contribution is 0.102. The largest absolute Gasteiger partial charge is 0.496 e. The van der Waals surface area contributed by atoms with Crippen molar-refractivity contribution in [2.24, 2.45) is 0 Å². The van der Waals surface area contributed by atoms with Crippen molar-refractivity contribution in [2.45, 2.75) is 42.2 Å². The van der Waals surface area contributed by atoms with Crippen LogP contribution in [0.2, 0.25) is 0 Å². The zero-order chi connectivity index (χ0) is 19.4. The minimum absolute atomic E-state index is 0.145. The topological polar surface area (TPSA) is 38.3 Å². The minimum atomic E-state index is -1.57. The van der Waals surface area contributed by atoms with E-state index < -0.39 is 23.4 Å². The third-order valence-corrected chi connectivity index (χ3v) is 5.89. The Bertz CT molecular complexity index is 815. The number of amides is 1. The summed E-state index contributed by atoms with van der Waals surface area (Å²) in [6, 6.07) is 6.49. The molecule has 0 atom stereocenters. The van der Waals surface area contributed by atoms with Crippen LogP contribution in [0.3, 0.4) is 0 Å². The van der Waals surface area contributed by atoms with Crippen LogP contribution >= 0.6 is 11.8 Å². The molecular formula is C20H20F3NO2S. The molecule has 0 saturated heterocycles. The Morgan fingerprint density at radius 3 is 2.37 bits per heavy atom. The van der Waals surface area contributed by atoms with Crippen LogP contribution in [0.15, 0.2) is 35.2 Å². The summed E-state index contributed by atoms with van der Waals surface area (Å²) in [6.07, 6.45) is 5.89. The van der Waals surface area contributed by atoms with Crippen molar-refractivity contribution >= 4 is 23.4 Å². The van der Waals surface area contributed by atoms with Gasteiger partial charge in [-0.25, -0.2) is 13.2 Å². The first kappa shape index (κ1) is 19.6. The molecule has 1 saturated carbocycles. The van der Waals surface area contributed by atoms with Gasteiger partial charge in [-0.05, 0) is 31.0 Å². The first-order valence-corrected chi connectivity index (χ1v) is 9.66. The number of anilines is 1. The van der Waals surface area contributed by atoms with Crippen molar-refractivity contribution < 1.29 is 22.7 Å². The Kier molecular flexibility index (Phi) is 6.31. The molecule has 1 amide bonds. The maximum absolute atomic E-state index is 13.3. The fraction of sp³-hybridized carbons (Fsp3) is 0.350. The number of hydrogen-bond donors (Lipinski definition) is 1. The Labute approximate surface area is 160 Å². The van der Waals surface area contributed by atoms with E-state index in [2.05, 4.69) is 5.32 Å². The molecule has 7 heteroatoms. The van der Waals surface area contributed by atoms with Crippen LogP contribution in [0, 0.1) is 17.5 Å². The van der Waals surface area contributed by atoms with Crippen LogP contribution in [0.5, 0.6) is 5.75 Å². The maximum Gasteiger partial charge on any atom is 0.255 e. The molecular weight excluding hydrogens is 375 g/mol. The summed E-state index contributed by atoms with van der Waals surface area (Å²) in [4.78, 5) is 13.3. The van der Waals surface area contributed by atoms with E-state index in [0.717, 1.165) is 29.9 Å². The highest BCUT2D eigenvalue weighted by Gasteiger charge is 2.19. The van der Waals surface area contributed by atoms with Crippen LogP contribution in [0.4, 0.5) is 18.9 Å². The molecule has 1 aliphatic rings. The number of halogens is 3. The van der Waals surface area contributed by atoms with Gasteiger partial charge in [0.2, 0.25) is 0 Å². The molecule has 1 aliphatic carbocycles. The van der Waals surface area contributed by atoms with E-state index in [9.17, 15) is 18.0 Å². The molecule has 0 bridgehead atoms. The number of carbonyl (C=O) groups is 1. The van der Waals surface area contributed by atoms with Gasteiger partial charge in [0.05, 0.1) is 12.0 Å². The number of methoxy groups -OCH3 is 1. The van der Waals surface area contributed by atoms with Crippen LogP contribution in [-0.2, 0) is 0 Å². The summed E-state index contributed by atoms with van der Waals surface area (Å²) in [5.41, 5.74) is 0.188. The maximum atomic E-state index is 13.3. The number of benzene rings is 2. The first-order valence-electron chi connectivity index (χ1n) is 8.78. The second-order valence-corrected chi connectivity index (χ2v) is 7.79. The standard InChI is InChI=1S/C20H20F3NO2S/c1-26-17-8-7-12(9-18(17)27-14-5-3-2-4-6-14)20(25)24-13-10-15(21)19(23)16(22)11-13/h7-11,14H,2-6H2,1H3,(H,24,25). The van der Waals surface area contributed by atoms with Crippen molar-refractivity contribution in [3.8, 4) is 5.75 Å². The molecule has 2 aromatic rings. The number of ether oxygens (including phenoxy) is 1. The Morgan fingerprint density at radius 1 is 1.07 bits per heavy atom. The minimum Gasteiger partial charge on any atom is -0.496 e. The normalized spacial score (nSPS) is 14.8. The van der Waals surface area contributed by atoms with E-state index in [0.29, 0.717) is 16.6 Å². The van der Waals surface area contributed by atoms with Gasteiger partial charge in [-0.15, -0.1) is 11.8 Å². The Hall–Kier alpha value is -2.15. The van der Waals surface area contributed by atoms with Gasteiger partial charge in [-0.3, -0.25) is 4.79 Å². The van der Waals surface area contributed by atoms with Gasteiger partial charge in [0.25, 0.3) is 5.91 Å². The summed E-state index contributed by atoms with van der Waals surface area (Å²) >= 11 is 1.69. The number of hydrogen-bond acceptors (Lipinski definition) is 3. The van der Waals surface area contributed by atoms with E-state index in [1.54, 1.807) is 37.1 Å². The second kappa shape index (κ2) is 8.69. The van der Waals surface area contributed by atoms with Crippen LogP contribution in [0.1, 0.15) is 42.5 Å². The number of nitrogens with one attached hydrogen (secondary N) is 1. The molecule has 0 aromatic heterocycles. The van der Waals surface area contributed by atoms with E-state index in [-0.39, 0.29) is 5.69 Å². The summed E-state index contributed by atoms with van der Waals surface area (Å²) in [5, 5.41) is 2.88. The van der Waals surface area contributed by atoms with Gasteiger partial charge in [0, 0.05) is 28.6 Å². The zero-order valence-electron chi connectivity index (χ0n) is 14.9. The molecule has 0 unspecified atom stereocenters. The third kappa shape index (κ3) is 4.77. The van der Waals surface area contributed by atoms with Gasteiger partial charge in [0.15, 0.2) is 17.5 Å². The molecule has 27 heavy (non-hydrogen) atoms. The summed E-state index contributed by atoms with van der Waals surface area (Å²) in [7, 11) is 1.57. The molecule has 0 radical (unpaired) electrons. The lowest BCUT2D eigenvalue weighted by Gasteiger charge is -2.22. The smallest absolute Gasteiger partial charge is 0.255 e. The second-order valence-electron chi connectivity index (χ2n) is 6.45.